The van der Waals surface area contributed by atoms with Crippen LogP contribution in [0.5, 0.6) is 5.88 Å². The van der Waals surface area contributed by atoms with Gasteiger partial charge in [-0.25, -0.2) is 0 Å². The highest BCUT2D eigenvalue weighted by Gasteiger charge is 2.29. The molecule has 0 aromatic carbocycles. The zero-order valence-corrected chi connectivity index (χ0v) is 11.2. The van der Waals surface area contributed by atoms with Crippen molar-refractivity contribution in [2.45, 2.75) is 12.5 Å². The number of hydrogen-bond acceptors (Lipinski definition) is 6. The van der Waals surface area contributed by atoms with Gasteiger partial charge in [0.2, 0.25) is 11.8 Å². The van der Waals surface area contributed by atoms with Crippen LogP contribution in [0, 0.1) is 5.95 Å². The average molecular weight is 294 g/mol. The molecule has 3 rings (SSSR count). The summed E-state index contributed by atoms with van der Waals surface area (Å²) in [6, 6.07) is 4.39. The molecule has 20 heavy (non-hydrogen) atoms. The van der Waals surface area contributed by atoms with Crippen molar-refractivity contribution < 1.29 is 13.9 Å². The van der Waals surface area contributed by atoms with Gasteiger partial charge in [0, 0.05) is 24.4 Å². The number of hydrogen-bond donors (Lipinski definition) is 0. The van der Waals surface area contributed by atoms with E-state index in [0.29, 0.717) is 25.2 Å². The Kier molecular flexibility index (Phi) is 3.55. The minimum Gasteiger partial charge on any atom is -0.472 e. The molecule has 1 unspecified atom stereocenters. The molecule has 1 atom stereocenters. The Morgan fingerprint density at radius 2 is 2.40 bits per heavy atom. The Hall–Kier alpha value is -2.09. The van der Waals surface area contributed by atoms with E-state index in [1.165, 1.54) is 12.1 Å². The van der Waals surface area contributed by atoms with Crippen molar-refractivity contribution in [1.29, 1.82) is 0 Å². The number of nitrogens with zero attached hydrogens (tertiary/aromatic N) is 4. The maximum atomic E-state index is 13.0. The molecule has 104 valence electrons. The summed E-state index contributed by atoms with van der Waals surface area (Å²) in [5, 5.41) is 5.37. The molecule has 1 fully saturated rings. The number of aromatic nitrogens is 3. The third-order valence-electron chi connectivity index (χ3n) is 2.99. The molecule has 3 heterocycles. The van der Waals surface area contributed by atoms with Crippen molar-refractivity contribution >= 4 is 17.4 Å². The Morgan fingerprint density at radius 1 is 1.50 bits per heavy atom. The molecule has 6 nitrogen and oxygen atoms in total. The third kappa shape index (κ3) is 2.74. The van der Waals surface area contributed by atoms with Crippen LogP contribution in [0.25, 0.3) is 0 Å². The lowest BCUT2D eigenvalue weighted by Gasteiger charge is -2.15. The SMILES string of the molecule is O=C(c1csnn1)N1CCC(Oc2cccc(F)n2)C1. The molecule has 0 bridgehead atoms. The number of carbonyl (C=O) groups excluding carboxylic acids is 1. The largest absolute Gasteiger partial charge is 0.472 e. The van der Waals surface area contributed by atoms with Gasteiger partial charge in [0.15, 0.2) is 5.69 Å². The second-order valence-electron chi connectivity index (χ2n) is 4.37. The van der Waals surface area contributed by atoms with E-state index in [1.54, 1.807) is 16.3 Å². The fourth-order valence-corrected chi connectivity index (χ4v) is 2.48. The first kappa shape index (κ1) is 12.9. The standard InChI is InChI=1S/C12H11FN4O2S/c13-10-2-1-3-11(14-10)19-8-4-5-17(6-8)12(18)9-7-20-16-15-9/h1-3,7-8H,4-6H2. The molecule has 2 aromatic heterocycles. The lowest BCUT2D eigenvalue weighted by Crippen LogP contribution is -2.31. The number of amides is 1. The van der Waals surface area contributed by atoms with Crippen LogP contribution in [-0.2, 0) is 0 Å². The van der Waals surface area contributed by atoms with Crippen molar-refractivity contribution in [1.82, 2.24) is 19.5 Å². The molecule has 1 aliphatic rings. The smallest absolute Gasteiger partial charge is 0.275 e. The molecular weight excluding hydrogens is 283 g/mol. The fourth-order valence-electron chi connectivity index (χ4n) is 2.05. The number of likely N-dealkylation sites (tertiary alicyclic amines) is 1. The van der Waals surface area contributed by atoms with Gasteiger partial charge in [-0.1, -0.05) is 10.6 Å². The summed E-state index contributed by atoms with van der Waals surface area (Å²) in [6.07, 6.45) is 0.501. The Morgan fingerprint density at radius 3 is 3.15 bits per heavy atom. The molecule has 8 heteroatoms. The van der Waals surface area contributed by atoms with Crippen LogP contribution in [0.2, 0.25) is 0 Å². The van der Waals surface area contributed by atoms with Crippen LogP contribution >= 0.6 is 11.5 Å². The van der Waals surface area contributed by atoms with Gasteiger partial charge in [0.1, 0.15) is 6.10 Å². The van der Waals surface area contributed by atoms with E-state index in [-0.39, 0.29) is 17.9 Å². The van der Waals surface area contributed by atoms with Gasteiger partial charge in [-0.05, 0) is 17.6 Å². The predicted molar refractivity (Wildman–Crippen MR) is 69.0 cm³/mol. The van der Waals surface area contributed by atoms with E-state index in [4.69, 9.17) is 4.74 Å². The van der Waals surface area contributed by atoms with Crippen LogP contribution in [0.1, 0.15) is 16.9 Å². The molecule has 1 saturated heterocycles. The Labute approximate surface area is 118 Å². The molecule has 0 N–H and O–H groups in total. The number of rotatable bonds is 3. The van der Waals surface area contributed by atoms with E-state index in [1.807, 2.05) is 0 Å². The Balaban J connectivity index is 1.61. The molecular formula is C12H11FN4O2S. The first-order valence-electron chi connectivity index (χ1n) is 6.08. The van der Waals surface area contributed by atoms with Crippen molar-refractivity contribution in [3.8, 4) is 5.88 Å². The van der Waals surface area contributed by atoms with Crippen molar-refractivity contribution in [3.05, 3.63) is 35.2 Å². The summed E-state index contributed by atoms with van der Waals surface area (Å²) < 4.78 is 22.2. The summed E-state index contributed by atoms with van der Waals surface area (Å²) in [7, 11) is 0. The Bertz CT molecular complexity index is 607. The molecule has 0 spiro atoms. The van der Waals surface area contributed by atoms with Crippen molar-refractivity contribution in [3.63, 3.8) is 0 Å². The molecule has 0 radical (unpaired) electrons. The van der Waals surface area contributed by atoms with Gasteiger partial charge < -0.3 is 9.64 Å². The quantitative estimate of drug-likeness (QED) is 0.800. The molecule has 0 saturated carbocycles. The second kappa shape index (κ2) is 5.49. The van der Waals surface area contributed by atoms with Gasteiger partial charge in [-0.15, -0.1) is 5.10 Å². The maximum Gasteiger partial charge on any atom is 0.275 e. The number of carbonyl (C=O) groups is 1. The molecule has 2 aromatic rings. The van der Waals surface area contributed by atoms with Crippen LogP contribution in [-0.4, -0.2) is 44.6 Å². The van der Waals surface area contributed by atoms with Crippen LogP contribution < -0.4 is 4.74 Å². The van der Waals surface area contributed by atoms with Crippen molar-refractivity contribution in [2.75, 3.05) is 13.1 Å². The fraction of sp³-hybridized carbons (Fsp3) is 0.333. The second-order valence-corrected chi connectivity index (χ2v) is 4.98. The van der Waals surface area contributed by atoms with Gasteiger partial charge in [-0.2, -0.15) is 9.37 Å². The highest BCUT2D eigenvalue weighted by molar-refractivity contribution is 7.03. The lowest BCUT2D eigenvalue weighted by molar-refractivity contribution is 0.0765. The number of halogens is 1. The summed E-state index contributed by atoms with van der Waals surface area (Å²) in [5.74, 6) is -0.501. The van der Waals surface area contributed by atoms with Crippen LogP contribution in [0.3, 0.4) is 0 Å². The van der Waals surface area contributed by atoms with Crippen LogP contribution in [0.4, 0.5) is 4.39 Å². The summed E-state index contributed by atoms with van der Waals surface area (Å²) in [5.41, 5.74) is 0.347. The minimum absolute atomic E-state index is 0.156. The topological polar surface area (TPSA) is 68.2 Å². The first-order chi connectivity index (χ1) is 9.72. The van der Waals surface area contributed by atoms with E-state index in [0.717, 1.165) is 11.5 Å². The van der Waals surface area contributed by atoms with E-state index in [9.17, 15) is 9.18 Å². The molecule has 1 amide bonds. The number of pyridine rings is 1. The van der Waals surface area contributed by atoms with Gasteiger partial charge in [0.25, 0.3) is 5.91 Å². The lowest BCUT2D eigenvalue weighted by atomic mass is 10.3. The number of ether oxygens (including phenoxy) is 1. The first-order valence-corrected chi connectivity index (χ1v) is 6.91. The zero-order chi connectivity index (χ0) is 13.9. The highest BCUT2D eigenvalue weighted by atomic mass is 32.1. The predicted octanol–water partition coefficient (Wildman–Crippen LogP) is 1.37. The minimum atomic E-state index is -0.582. The molecule has 1 aliphatic heterocycles. The van der Waals surface area contributed by atoms with Crippen molar-refractivity contribution in [2.24, 2.45) is 0 Å². The van der Waals surface area contributed by atoms with Gasteiger partial charge in [-0.3, -0.25) is 4.79 Å². The van der Waals surface area contributed by atoms with Gasteiger partial charge in [0.05, 0.1) is 6.54 Å². The van der Waals surface area contributed by atoms with E-state index in [2.05, 4.69) is 14.6 Å². The van der Waals surface area contributed by atoms with Crippen LogP contribution in [0.15, 0.2) is 23.6 Å². The van der Waals surface area contributed by atoms with E-state index < -0.39 is 5.95 Å². The maximum absolute atomic E-state index is 13.0. The van der Waals surface area contributed by atoms with E-state index >= 15 is 0 Å². The van der Waals surface area contributed by atoms with Gasteiger partial charge >= 0.3 is 0 Å². The zero-order valence-electron chi connectivity index (χ0n) is 10.4. The molecule has 0 aliphatic carbocycles. The summed E-state index contributed by atoms with van der Waals surface area (Å²) in [4.78, 5) is 17.4. The third-order valence-corrected chi connectivity index (χ3v) is 3.49. The highest BCUT2D eigenvalue weighted by Crippen LogP contribution is 2.18. The normalized spacial score (nSPS) is 18.2. The average Bonchev–Trinajstić information content (AvgIpc) is 3.09. The monoisotopic (exact) mass is 294 g/mol. The summed E-state index contributed by atoms with van der Waals surface area (Å²) >= 11 is 1.14. The summed E-state index contributed by atoms with van der Waals surface area (Å²) in [6.45, 7) is 1.02.